The average molecular weight is 487 g/mol. The molecule has 0 aliphatic carbocycles. The highest BCUT2D eigenvalue weighted by Gasteiger charge is 2.38. The number of benzene rings is 2. The van der Waals surface area contributed by atoms with E-state index in [-0.39, 0.29) is 24.1 Å². The highest BCUT2D eigenvalue weighted by atomic mass is 16.7. The highest BCUT2D eigenvalue weighted by Crippen LogP contribution is 2.48. The molecule has 1 saturated heterocycles. The first-order valence-electron chi connectivity index (χ1n) is 11.3. The summed E-state index contributed by atoms with van der Waals surface area (Å²) in [6.07, 6.45) is -0.489. The van der Waals surface area contributed by atoms with E-state index in [1.54, 1.807) is 29.2 Å². The summed E-state index contributed by atoms with van der Waals surface area (Å²) in [5.74, 6) is 1.02. The van der Waals surface area contributed by atoms with Gasteiger partial charge < -0.3 is 34.3 Å². The maximum absolute atomic E-state index is 12.9. The van der Waals surface area contributed by atoms with E-state index < -0.39 is 12.0 Å². The lowest BCUT2D eigenvalue weighted by Gasteiger charge is -2.28. The number of fused-ring (bicyclic) bond motifs is 2. The van der Waals surface area contributed by atoms with E-state index in [1.807, 2.05) is 18.2 Å². The largest absolute Gasteiger partial charge is 0.454 e. The maximum atomic E-state index is 12.9. The molecule has 3 aliphatic heterocycles. The van der Waals surface area contributed by atoms with Crippen LogP contribution in [0.1, 0.15) is 17.0 Å². The summed E-state index contributed by atoms with van der Waals surface area (Å²) >= 11 is 0. The number of aromatic nitrogens is 2. The number of para-hydroxylation sites is 1. The fourth-order valence-electron chi connectivity index (χ4n) is 4.54. The molecule has 4 heterocycles. The van der Waals surface area contributed by atoms with Crippen molar-refractivity contribution in [3.63, 3.8) is 0 Å². The van der Waals surface area contributed by atoms with Crippen LogP contribution in [0.15, 0.2) is 53.9 Å². The normalized spacial score (nSPS) is 18.3. The second kappa shape index (κ2) is 8.83. The van der Waals surface area contributed by atoms with Crippen molar-refractivity contribution in [1.82, 2.24) is 15.1 Å². The number of nitrogens with zero attached hydrogens (tertiary/aromatic N) is 3. The number of hydrogen-bond acceptors (Lipinski definition) is 9. The van der Waals surface area contributed by atoms with Gasteiger partial charge in [-0.2, -0.15) is 5.26 Å². The molecular weight excluding hydrogens is 466 g/mol. The first-order valence-corrected chi connectivity index (χ1v) is 11.3. The molecule has 182 valence electrons. The number of nitrogens with one attached hydrogen (secondary N) is 1. The van der Waals surface area contributed by atoms with E-state index in [1.165, 1.54) is 0 Å². The Morgan fingerprint density at radius 3 is 2.81 bits per heavy atom. The number of carbonyl (C=O) groups is 1. The molecule has 0 saturated carbocycles. The fraction of sp³-hybridized carbons (Fsp3) is 0.240. The number of hydrogen-bond donors (Lipinski definition) is 2. The van der Waals surface area contributed by atoms with E-state index in [0.717, 1.165) is 5.56 Å². The van der Waals surface area contributed by atoms with E-state index in [2.05, 4.69) is 16.3 Å². The smallest absolute Gasteiger partial charge is 0.415 e. The van der Waals surface area contributed by atoms with Crippen molar-refractivity contribution in [2.24, 2.45) is 5.73 Å². The number of aromatic amines is 1. The van der Waals surface area contributed by atoms with E-state index in [9.17, 15) is 10.1 Å². The van der Waals surface area contributed by atoms with Gasteiger partial charge in [0.2, 0.25) is 18.6 Å². The molecule has 0 spiro atoms. The molecule has 1 fully saturated rings. The molecule has 11 heteroatoms. The molecule has 3 aromatic rings. The van der Waals surface area contributed by atoms with Gasteiger partial charge in [0.05, 0.1) is 30.4 Å². The third-order valence-electron chi connectivity index (χ3n) is 6.30. The molecule has 3 aliphatic rings. The van der Waals surface area contributed by atoms with Gasteiger partial charge in [-0.3, -0.25) is 5.10 Å². The second-order valence-corrected chi connectivity index (χ2v) is 8.32. The van der Waals surface area contributed by atoms with E-state index >= 15 is 0 Å². The first kappa shape index (κ1) is 21.8. The van der Waals surface area contributed by atoms with Crippen molar-refractivity contribution >= 4 is 6.09 Å². The molecule has 1 amide bonds. The van der Waals surface area contributed by atoms with Crippen molar-refractivity contribution in [3.05, 3.63) is 65.0 Å². The van der Waals surface area contributed by atoms with Gasteiger partial charge in [-0.05, 0) is 24.3 Å². The number of rotatable bonds is 3. The number of allylic oxidation sites excluding steroid dienone is 1. The van der Waals surface area contributed by atoms with Gasteiger partial charge in [0.1, 0.15) is 17.4 Å². The van der Waals surface area contributed by atoms with Crippen molar-refractivity contribution < 1.29 is 28.5 Å². The lowest BCUT2D eigenvalue weighted by molar-refractivity contribution is 0.0415. The molecule has 3 N–H and O–H groups in total. The summed E-state index contributed by atoms with van der Waals surface area (Å²) in [5, 5.41) is 17.4. The average Bonchev–Trinajstić information content (AvgIpc) is 3.55. The number of nitriles is 1. The van der Waals surface area contributed by atoms with Gasteiger partial charge in [0.15, 0.2) is 11.5 Å². The Morgan fingerprint density at radius 2 is 1.97 bits per heavy atom. The molecule has 0 unspecified atom stereocenters. The zero-order chi connectivity index (χ0) is 24.6. The molecule has 2 aromatic carbocycles. The number of nitrogens with two attached hydrogens (primary N) is 1. The summed E-state index contributed by atoms with van der Waals surface area (Å²) in [6, 6.07) is 14.7. The van der Waals surface area contributed by atoms with Crippen LogP contribution >= 0.6 is 0 Å². The zero-order valence-electron chi connectivity index (χ0n) is 19.0. The minimum Gasteiger partial charge on any atom is -0.454 e. The monoisotopic (exact) mass is 487 g/mol. The first-order chi connectivity index (χ1) is 17.6. The van der Waals surface area contributed by atoms with Crippen LogP contribution in [-0.4, -0.2) is 54.3 Å². The van der Waals surface area contributed by atoms with Crippen LogP contribution in [0.2, 0.25) is 0 Å². The van der Waals surface area contributed by atoms with Crippen LogP contribution in [0.3, 0.4) is 0 Å². The zero-order valence-corrected chi connectivity index (χ0v) is 19.0. The molecular formula is C25H21N5O6. The SMILES string of the molecule is N#CC1=C(N)Oc2n[nH]c(-c3ccc4c(c3)OCO4)c2[C@H]1c1ccccc1OC(=O)N1CCOCC1. The Labute approximate surface area is 205 Å². The summed E-state index contributed by atoms with van der Waals surface area (Å²) in [6.45, 7) is 1.92. The minimum absolute atomic E-state index is 0.0620. The number of H-pyrrole nitrogens is 1. The summed E-state index contributed by atoms with van der Waals surface area (Å²) in [5.41, 5.74) is 8.85. The Bertz CT molecular complexity index is 1420. The van der Waals surface area contributed by atoms with Gasteiger partial charge in [-0.1, -0.05) is 18.2 Å². The third-order valence-corrected chi connectivity index (χ3v) is 6.30. The fourth-order valence-corrected chi connectivity index (χ4v) is 4.54. The highest BCUT2D eigenvalue weighted by molar-refractivity contribution is 5.75. The predicted octanol–water partition coefficient (Wildman–Crippen LogP) is 2.85. The lowest BCUT2D eigenvalue weighted by Crippen LogP contribution is -2.42. The number of amides is 1. The van der Waals surface area contributed by atoms with E-state index in [0.29, 0.717) is 60.4 Å². The van der Waals surface area contributed by atoms with Gasteiger partial charge in [0.25, 0.3) is 0 Å². The molecule has 1 aromatic heterocycles. The minimum atomic E-state index is -0.702. The number of morpholine rings is 1. The molecule has 0 radical (unpaired) electrons. The predicted molar refractivity (Wildman–Crippen MR) is 124 cm³/mol. The lowest BCUT2D eigenvalue weighted by atomic mass is 9.82. The summed E-state index contributed by atoms with van der Waals surface area (Å²) < 4.78 is 27.8. The Morgan fingerprint density at radius 1 is 1.17 bits per heavy atom. The van der Waals surface area contributed by atoms with Crippen molar-refractivity contribution in [2.75, 3.05) is 33.1 Å². The van der Waals surface area contributed by atoms with Gasteiger partial charge in [-0.15, -0.1) is 5.10 Å². The van der Waals surface area contributed by atoms with Gasteiger partial charge >= 0.3 is 6.09 Å². The van der Waals surface area contributed by atoms with Crippen LogP contribution in [0.4, 0.5) is 4.79 Å². The molecule has 6 rings (SSSR count). The Kier molecular flexibility index (Phi) is 5.35. The van der Waals surface area contributed by atoms with Crippen LogP contribution in [0.5, 0.6) is 23.1 Å². The number of ether oxygens (including phenoxy) is 5. The molecule has 1 atom stereocenters. The second-order valence-electron chi connectivity index (χ2n) is 8.32. The Hall–Kier alpha value is -4.69. The van der Waals surface area contributed by atoms with Crippen LogP contribution < -0.4 is 24.7 Å². The van der Waals surface area contributed by atoms with Crippen LogP contribution in [0.25, 0.3) is 11.3 Å². The van der Waals surface area contributed by atoms with Gasteiger partial charge in [-0.25, -0.2) is 4.79 Å². The third kappa shape index (κ3) is 3.64. The summed E-state index contributed by atoms with van der Waals surface area (Å²) in [4.78, 5) is 14.5. The maximum Gasteiger partial charge on any atom is 0.415 e. The van der Waals surface area contributed by atoms with Crippen molar-refractivity contribution in [3.8, 4) is 40.5 Å². The summed E-state index contributed by atoms with van der Waals surface area (Å²) in [7, 11) is 0. The molecule has 0 bridgehead atoms. The topological polar surface area (TPSA) is 145 Å². The molecule has 11 nitrogen and oxygen atoms in total. The van der Waals surface area contributed by atoms with Crippen LogP contribution in [0, 0.1) is 11.3 Å². The van der Waals surface area contributed by atoms with E-state index in [4.69, 9.17) is 29.4 Å². The van der Waals surface area contributed by atoms with Crippen LogP contribution in [-0.2, 0) is 4.74 Å². The van der Waals surface area contributed by atoms with Gasteiger partial charge in [0, 0.05) is 24.2 Å². The number of carbonyl (C=O) groups excluding carboxylic acids is 1. The standard InChI is InChI=1S/C25H21N5O6/c26-12-16-20(15-3-1-2-4-17(15)35-25(31)30-7-9-32-10-8-30)21-22(28-29-24(21)36-23(16)27)14-5-6-18-19(11-14)34-13-33-18/h1-6,11,20H,7-10,13,27H2,(H,28,29)/t20-/m0/s1. The van der Waals surface area contributed by atoms with Crippen molar-refractivity contribution in [2.45, 2.75) is 5.92 Å². The quantitative estimate of drug-likeness (QED) is 0.569. The molecule has 36 heavy (non-hydrogen) atoms. The Balaban J connectivity index is 1.44. The van der Waals surface area contributed by atoms with Crippen molar-refractivity contribution in [1.29, 1.82) is 5.26 Å².